The summed E-state index contributed by atoms with van der Waals surface area (Å²) in [6, 6.07) is 11.5. The van der Waals surface area contributed by atoms with E-state index < -0.39 is 11.7 Å². The largest absolute Gasteiger partial charge is 0.496 e. The summed E-state index contributed by atoms with van der Waals surface area (Å²) in [7, 11) is 1.56. The number of amides is 1. The van der Waals surface area contributed by atoms with Crippen molar-refractivity contribution in [3.05, 3.63) is 64.4 Å². The number of para-hydroxylation sites is 1. The Morgan fingerprint density at radius 3 is 2.76 bits per heavy atom. The monoisotopic (exact) mass is 349 g/mol. The summed E-state index contributed by atoms with van der Waals surface area (Å²) in [5.74, 6) is -0.241. The van der Waals surface area contributed by atoms with E-state index in [1.807, 2.05) is 12.1 Å². The number of hydrogen-bond donors (Lipinski definition) is 1. The minimum atomic E-state index is -0.473. The molecule has 0 saturated carbocycles. The molecule has 0 radical (unpaired) electrons. The maximum atomic E-state index is 13.4. The van der Waals surface area contributed by atoms with Gasteiger partial charge < -0.3 is 10.1 Å². The summed E-state index contributed by atoms with van der Waals surface area (Å²) in [5, 5.41) is 2.48. The van der Waals surface area contributed by atoms with Crippen molar-refractivity contribution in [3.63, 3.8) is 0 Å². The highest BCUT2D eigenvalue weighted by Gasteiger charge is 2.04. The first kappa shape index (κ1) is 15.3. The number of ether oxygens (including phenoxy) is 1. The molecule has 0 fully saturated rings. The van der Waals surface area contributed by atoms with Crippen LogP contribution >= 0.6 is 15.9 Å². The topological polar surface area (TPSA) is 38.3 Å². The first-order chi connectivity index (χ1) is 10.1. The minimum Gasteiger partial charge on any atom is -0.496 e. The Balaban J connectivity index is 2.12. The molecular weight excluding hydrogens is 337 g/mol. The van der Waals surface area contributed by atoms with E-state index in [0.717, 1.165) is 10.0 Å². The van der Waals surface area contributed by atoms with Crippen molar-refractivity contribution >= 4 is 33.6 Å². The van der Waals surface area contributed by atoms with Crippen molar-refractivity contribution in [1.82, 2.24) is 0 Å². The molecule has 0 saturated heterocycles. The Labute approximate surface area is 130 Å². The van der Waals surface area contributed by atoms with E-state index in [0.29, 0.717) is 5.75 Å². The molecule has 0 aliphatic carbocycles. The Hall–Kier alpha value is -2.14. The normalized spacial score (nSPS) is 10.6. The second kappa shape index (κ2) is 7.04. The molecule has 5 heteroatoms. The van der Waals surface area contributed by atoms with Crippen LogP contribution in [0.2, 0.25) is 0 Å². The van der Waals surface area contributed by atoms with Crippen molar-refractivity contribution < 1.29 is 13.9 Å². The fraction of sp³-hybridized carbons (Fsp3) is 0.0625. The summed E-state index contributed by atoms with van der Waals surface area (Å²) >= 11 is 3.36. The van der Waals surface area contributed by atoms with Crippen LogP contribution in [0.5, 0.6) is 5.75 Å². The summed E-state index contributed by atoms with van der Waals surface area (Å²) in [6.45, 7) is 0. The van der Waals surface area contributed by atoms with Crippen LogP contribution in [-0.4, -0.2) is 13.0 Å². The average Bonchev–Trinajstić information content (AvgIpc) is 2.48. The highest BCUT2D eigenvalue weighted by molar-refractivity contribution is 9.10. The van der Waals surface area contributed by atoms with Crippen LogP contribution in [0.15, 0.2) is 53.0 Å². The number of rotatable bonds is 4. The number of methoxy groups -OCH3 is 1. The molecule has 0 bridgehead atoms. The molecule has 1 amide bonds. The fourth-order valence-corrected chi connectivity index (χ4v) is 2.12. The SMILES string of the molecule is COc1ccc(Br)cc1/C=C/C(=O)Nc1ccccc1F. The van der Waals surface area contributed by atoms with Gasteiger partial charge in [0.25, 0.3) is 0 Å². The number of hydrogen-bond acceptors (Lipinski definition) is 2. The number of anilines is 1. The van der Waals surface area contributed by atoms with Gasteiger partial charge in [0, 0.05) is 16.1 Å². The molecule has 0 heterocycles. The number of benzene rings is 2. The van der Waals surface area contributed by atoms with Gasteiger partial charge in [-0.25, -0.2) is 4.39 Å². The molecular formula is C16H13BrFNO2. The molecule has 0 aliphatic heterocycles. The van der Waals surface area contributed by atoms with E-state index in [4.69, 9.17) is 4.74 Å². The molecule has 0 spiro atoms. The number of carbonyl (C=O) groups excluding carboxylic acids is 1. The molecule has 2 aromatic rings. The van der Waals surface area contributed by atoms with Gasteiger partial charge >= 0.3 is 0 Å². The summed E-state index contributed by atoms with van der Waals surface area (Å²) in [4.78, 5) is 11.8. The zero-order chi connectivity index (χ0) is 15.2. The maximum Gasteiger partial charge on any atom is 0.248 e. The molecule has 2 aromatic carbocycles. The highest BCUT2D eigenvalue weighted by Crippen LogP contribution is 2.24. The standard InChI is InChI=1S/C16H13BrFNO2/c1-21-15-8-7-12(17)10-11(15)6-9-16(20)19-14-5-3-2-4-13(14)18/h2-10H,1H3,(H,19,20)/b9-6+. The summed E-state index contributed by atoms with van der Waals surface area (Å²) in [5.41, 5.74) is 0.893. The Bertz CT molecular complexity index is 686. The van der Waals surface area contributed by atoms with Crippen molar-refractivity contribution in [2.45, 2.75) is 0 Å². The lowest BCUT2D eigenvalue weighted by molar-refractivity contribution is -0.111. The van der Waals surface area contributed by atoms with E-state index >= 15 is 0 Å². The quantitative estimate of drug-likeness (QED) is 0.838. The molecule has 2 rings (SSSR count). The molecule has 1 N–H and O–H groups in total. The number of carbonyl (C=O) groups is 1. The third-order valence-corrected chi connectivity index (χ3v) is 3.23. The van der Waals surface area contributed by atoms with Crippen LogP contribution < -0.4 is 10.1 Å². The van der Waals surface area contributed by atoms with E-state index in [-0.39, 0.29) is 5.69 Å². The lowest BCUT2D eigenvalue weighted by Gasteiger charge is -2.05. The zero-order valence-electron chi connectivity index (χ0n) is 11.3. The third kappa shape index (κ3) is 4.16. The van der Waals surface area contributed by atoms with Crippen molar-refractivity contribution in [2.75, 3.05) is 12.4 Å². The molecule has 0 atom stereocenters. The Morgan fingerprint density at radius 1 is 1.29 bits per heavy atom. The number of halogens is 2. The van der Waals surface area contributed by atoms with E-state index in [9.17, 15) is 9.18 Å². The summed E-state index contributed by atoms with van der Waals surface area (Å²) in [6.07, 6.45) is 2.94. The zero-order valence-corrected chi connectivity index (χ0v) is 12.9. The van der Waals surface area contributed by atoms with E-state index in [1.165, 1.54) is 18.2 Å². The van der Waals surface area contributed by atoms with Gasteiger partial charge in [-0.05, 0) is 36.4 Å². The third-order valence-electron chi connectivity index (χ3n) is 2.74. The first-order valence-corrected chi connectivity index (χ1v) is 6.96. The summed E-state index contributed by atoms with van der Waals surface area (Å²) < 4.78 is 19.5. The average molecular weight is 350 g/mol. The van der Waals surface area contributed by atoms with Crippen LogP contribution in [0.1, 0.15) is 5.56 Å². The van der Waals surface area contributed by atoms with Crippen LogP contribution in [0.4, 0.5) is 10.1 Å². The van der Waals surface area contributed by atoms with Gasteiger partial charge in [-0.1, -0.05) is 28.1 Å². The second-order valence-corrected chi connectivity index (χ2v) is 5.10. The van der Waals surface area contributed by atoms with Gasteiger partial charge in [0.1, 0.15) is 11.6 Å². The van der Waals surface area contributed by atoms with Gasteiger partial charge in [-0.15, -0.1) is 0 Å². The second-order valence-electron chi connectivity index (χ2n) is 4.19. The molecule has 0 aromatic heterocycles. The highest BCUT2D eigenvalue weighted by atomic mass is 79.9. The first-order valence-electron chi connectivity index (χ1n) is 6.17. The predicted octanol–water partition coefficient (Wildman–Crippen LogP) is 4.25. The number of nitrogens with one attached hydrogen (secondary N) is 1. The lowest BCUT2D eigenvalue weighted by atomic mass is 10.2. The van der Waals surface area contributed by atoms with Gasteiger partial charge in [0.2, 0.25) is 5.91 Å². The van der Waals surface area contributed by atoms with E-state index in [1.54, 1.807) is 31.4 Å². The molecule has 0 aliphatic rings. The van der Waals surface area contributed by atoms with Crippen molar-refractivity contribution in [1.29, 1.82) is 0 Å². The lowest BCUT2D eigenvalue weighted by Crippen LogP contribution is -2.09. The molecule has 3 nitrogen and oxygen atoms in total. The van der Waals surface area contributed by atoms with Gasteiger partial charge in [0.05, 0.1) is 12.8 Å². The predicted molar refractivity (Wildman–Crippen MR) is 84.8 cm³/mol. The molecule has 0 unspecified atom stereocenters. The van der Waals surface area contributed by atoms with Gasteiger partial charge in [-0.3, -0.25) is 4.79 Å². The van der Waals surface area contributed by atoms with Gasteiger partial charge in [0.15, 0.2) is 0 Å². The van der Waals surface area contributed by atoms with Crippen LogP contribution in [0, 0.1) is 5.82 Å². The van der Waals surface area contributed by atoms with Gasteiger partial charge in [-0.2, -0.15) is 0 Å². The maximum absolute atomic E-state index is 13.4. The van der Waals surface area contributed by atoms with Crippen LogP contribution in [-0.2, 0) is 4.79 Å². The van der Waals surface area contributed by atoms with Crippen molar-refractivity contribution in [3.8, 4) is 5.75 Å². The van der Waals surface area contributed by atoms with Crippen LogP contribution in [0.25, 0.3) is 6.08 Å². The molecule has 108 valence electrons. The smallest absolute Gasteiger partial charge is 0.248 e. The van der Waals surface area contributed by atoms with E-state index in [2.05, 4.69) is 21.2 Å². The molecule has 21 heavy (non-hydrogen) atoms. The van der Waals surface area contributed by atoms with Crippen molar-refractivity contribution in [2.24, 2.45) is 0 Å². The Kier molecular flexibility index (Phi) is 5.11. The minimum absolute atomic E-state index is 0.147. The fourth-order valence-electron chi connectivity index (χ4n) is 1.74. The Morgan fingerprint density at radius 2 is 2.05 bits per heavy atom. The van der Waals surface area contributed by atoms with Crippen LogP contribution in [0.3, 0.4) is 0 Å².